The number of sulfonamides is 1. The molecule has 9 nitrogen and oxygen atoms in total. The molecule has 1 aromatic carbocycles. The Morgan fingerprint density at radius 3 is 2.52 bits per heavy atom. The van der Waals surface area contributed by atoms with Gasteiger partial charge >= 0.3 is 6.03 Å². The van der Waals surface area contributed by atoms with Crippen LogP contribution < -0.4 is 15.0 Å². The number of fused-ring (bicyclic) bond motifs is 1. The number of hydrogen-bond acceptors (Lipinski definition) is 6. The van der Waals surface area contributed by atoms with E-state index in [0.717, 1.165) is 0 Å². The number of amides is 2. The molecule has 1 saturated heterocycles. The number of rotatable bonds is 4. The first-order valence-corrected chi connectivity index (χ1v) is 9.53. The summed E-state index contributed by atoms with van der Waals surface area (Å²) >= 11 is 0. The second-order valence-electron chi connectivity index (χ2n) is 5.54. The van der Waals surface area contributed by atoms with Crippen LogP contribution in [0.25, 0.3) is 0 Å². The fraction of sp³-hybridized carbons (Fsp3) is 0.533. The average Bonchev–Trinajstić information content (AvgIpc) is 2.65. The second-order valence-corrected chi connectivity index (χ2v) is 7.47. The van der Waals surface area contributed by atoms with Crippen molar-refractivity contribution in [3.8, 4) is 11.5 Å². The van der Waals surface area contributed by atoms with Crippen molar-refractivity contribution in [2.45, 2.75) is 11.8 Å². The van der Waals surface area contributed by atoms with Crippen molar-refractivity contribution in [3.63, 3.8) is 0 Å². The van der Waals surface area contributed by atoms with Crippen LogP contribution in [0.1, 0.15) is 6.92 Å². The average molecular weight is 371 g/mol. The molecular weight excluding hydrogens is 350 g/mol. The summed E-state index contributed by atoms with van der Waals surface area (Å²) < 4.78 is 37.8. The van der Waals surface area contributed by atoms with Gasteiger partial charge in [-0.15, -0.1) is 0 Å². The molecule has 2 aliphatic rings. The molecule has 0 spiro atoms. The van der Waals surface area contributed by atoms with Gasteiger partial charge in [-0.25, -0.2) is 18.7 Å². The van der Waals surface area contributed by atoms with Crippen molar-refractivity contribution in [1.29, 1.82) is 0 Å². The summed E-state index contributed by atoms with van der Waals surface area (Å²) in [7, 11) is -3.65. The highest BCUT2D eigenvalue weighted by Crippen LogP contribution is 2.33. The molecule has 0 atom stereocenters. The summed E-state index contributed by atoms with van der Waals surface area (Å²) in [5.74, 6) is 0.977. The van der Waals surface area contributed by atoms with Crippen LogP contribution in [0, 0.1) is 0 Å². The lowest BCUT2D eigenvalue weighted by Crippen LogP contribution is -2.53. The number of nitrogens with zero attached hydrogens (tertiary/aromatic N) is 2. The van der Waals surface area contributed by atoms with Crippen molar-refractivity contribution in [3.05, 3.63) is 18.2 Å². The Labute approximate surface area is 146 Å². The fourth-order valence-electron chi connectivity index (χ4n) is 2.66. The Bertz CT molecular complexity index is 731. The van der Waals surface area contributed by atoms with Crippen LogP contribution in [0.4, 0.5) is 4.79 Å². The van der Waals surface area contributed by atoms with Crippen LogP contribution >= 0.6 is 0 Å². The molecule has 138 valence electrons. The Morgan fingerprint density at radius 2 is 1.84 bits per heavy atom. The molecule has 2 heterocycles. The Morgan fingerprint density at radius 1 is 1.16 bits per heavy atom. The summed E-state index contributed by atoms with van der Waals surface area (Å²) in [6.07, 6.45) is 0. The highest BCUT2D eigenvalue weighted by molar-refractivity contribution is 7.89. The zero-order valence-electron chi connectivity index (χ0n) is 13.9. The molecule has 2 aliphatic heterocycles. The van der Waals surface area contributed by atoms with E-state index < -0.39 is 10.0 Å². The van der Waals surface area contributed by atoms with Crippen LogP contribution in [-0.2, 0) is 14.9 Å². The smallest absolute Gasteiger partial charge is 0.341 e. The number of benzene rings is 1. The van der Waals surface area contributed by atoms with Crippen molar-refractivity contribution in [2.24, 2.45) is 0 Å². The molecule has 1 fully saturated rings. The van der Waals surface area contributed by atoms with E-state index in [1.165, 1.54) is 21.3 Å². The number of carbonyl (C=O) groups excluding carboxylic acids is 1. The van der Waals surface area contributed by atoms with Gasteiger partial charge in [-0.2, -0.15) is 4.31 Å². The lowest BCUT2D eigenvalue weighted by molar-refractivity contribution is 0.0515. The Kier molecular flexibility index (Phi) is 5.30. The van der Waals surface area contributed by atoms with Crippen LogP contribution in [0.5, 0.6) is 11.5 Å². The third-order valence-electron chi connectivity index (χ3n) is 3.98. The summed E-state index contributed by atoms with van der Waals surface area (Å²) in [6.45, 7) is 4.00. The van der Waals surface area contributed by atoms with Crippen molar-refractivity contribution in [2.75, 3.05) is 46.0 Å². The molecule has 1 aromatic rings. The second kappa shape index (κ2) is 7.46. The predicted molar refractivity (Wildman–Crippen MR) is 87.9 cm³/mol. The zero-order chi connectivity index (χ0) is 17.9. The number of carbonyl (C=O) groups is 1. The van der Waals surface area contributed by atoms with Crippen LogP contribution in [0.3, 0.4) is 0 Å². The first-order chi connectivity index (χ1) is 12.0. The van der Waals surface area contributed by atoms with E-state index in [2.05, 4.69) is 5.48 Å². The zero-order valence-corrected chi connectivity index (χ0v) is 14.8. The number of hydrogen-bond donors (Lipinski definition) is 1. The first-order valence-electron chi connectivity index (χ1n) is 8.09. The van der Waals surface area contributed by atoms with E-state index >= 15 is 0 Å². The van der Waals surface area contributed by atoms with Gasteiger partial charge in [0.25, 0.3) is 0 Å². The van der Waals surface area contributed by atoms with Gasteiger partial charge in [0.15, 0.2) is 11.5 Å². The van der Waals surface area contributed by atoms with Crippen LogP contribution in [0.2, 0.25) is 0 Å². The van der Waals surface area contributed by atoms with E-state index in [0.29, 0.717) is 44.4 Å². The minimum atomic E-state index is -3.65. The topological polar surface area (TPSA) is 97.4 Å². The van der Waals surface area contributed by atoms with E-state index in [1.807, 2.05) is 0 Å². The summed E-state index contributed by atoms with van der Waals surface area (Å²) in [5.41, 5.74) is 2.31. The molecule has 1 N–H and O–H groups in total. The van der Waals surface area contributed by atoms with Gasteiger partial charge in [0.05, 0.1) is 11.5 Å². The number of piperazine rings is 1. The maximum Gasteiger partial charge on any atom is 0.341 e. The minimum absolute atomic E-state index is 0.156. The molecule has 25 heavy (non-hydrogen) atoms. The van der Waals surface area contributed by atoms with Gasteiger partial charge in [0.1, 0.15) is 13.2 Å². The van der Waals surface area contributed by atoms with Gasteiger partial charge in [-0.3, -0.25) is 4.84 Å². The SMILES string of the molecule is CCONC(=O)N1CCN(S(=O)(=O)c2ccc3c(c2)OCCO3)CC1. The first kappa shape index (κ1) is 17.8. The Hall–Kier alpha value is -2.04. The third kappa shape index (κ3) is 3.80. The molecule has 3 rings (SSSR count). The molecule has 10 heteroatoms. The fourth-order valence-corrected chi connectivity index (χ4v) is 4.10. The normalized spacial score (nSPS) is 18.0. The van der Waals surface area contributed by atoms with Crippen LogP contribution in [-0.4, -0.2) is 69.7 Å². The minimum Gasteiger partial charge on any atom is -0.486 e. The van der Waals surface area contributed by atoms with Crippen molar-refractivity contribution < 1.29 is 27.5 Å². The third-order valence-corrected chi connectivity index (χ3v) is 5.88. The maximum absolute atomic E-state index is 12.8. The quantitative estimate of drug-likeness (QED) is 0.771. The summed E-state index contributed by atoms with van der Waals surface area (Å²) in [5, 5.41) is 0. The molecule has 0 saturated carbocycles. The lowest BCUT2D eigenvalue weighted by atomic mass is 10.3. The lowest BCUT2D eigenvalue weighted by Gasteiger charge is -2.33. The Balaban J connectivity index is 1.67. The van der Waals surface area contributed by atoms with Gasteiger partial charge in [-0.1, -0.05) is 0 Å². The largest absolute Gasteiger partial charge is 0.486 e. The van der Waals surface area contributed by atoms with Gasteiger partial charge < -0.3 is 14.4 Å². The van der Waals surface area contributed by atoms with Gasteiger partial charge in [0, 0.05) is 32.2 Å². The van der Waals surface area contributed by atoms with Crippen molar-refractivity contribution in [1.82, 2.24) is 14.7 Å². The molecular formula is C15H21N3O6S. The highest BCUT2D eigenvalue weighted by atomic mass is 32.2. The summed E-state index contributed by atoms with van der Waals surface area (Å²) in [6, 6.07) is 4.24. The van der Waals surface area contributed by atoms with E-state index in [1.54, 1.807) is 13.0 Å². The van der Waals surface area contributed by atoms with Crippen LogP contribution in [0.15, 0.2) is 23.1 Å². The standard InChI is InChI=1S/C15H21N3O6S/c1-2-24-16-15(19)17-5-7-18(8-6-17)25(20,21)12-3-4-13-14(11-12)23-10-9-22-13/h3-4,11H,2,5-10H2,1H3,(H,16,19). The molecule has 0 bridgehead atoms. The predicted octanol–water partition coefficient (Wildman–Crippen LogP) is 0.425. The summed E-state index contributed by atoms with van der Waals surface area (Å²) in [4.78, 5) is 18.4. The molecule has 0 unspecified atom stereocenters. The van der Waals surface area contributed by atoms with E-state index in [9.17, 15) is 13.2 Å². The van der Waals surface area contributed by atoms with E-state index in [-0.39, 0.29) is 24.0 Å². The number of urea groups is 1. The molecule has 0 aliphatic carbocycles. The van der Waals surface area contributed by atoms with E-state index in [4.69, 9.17) is 14.3 Å². The molecule has 2 amide bonds. The number of hydroxylamine groups is 1. The molecule has 0 aromatic heterocycles. The van der Waals surface area contributed by atoms with Gasteiger partial charge in [0.2, 0.25) is 10.0 Å². The molecule has 0 radical (unpaired) electrons. The maximum atomic E-state index is 12.8. The number of nitrogens with one attached hydrogen (secondary N) is 1. The van der Waals surface area contributed by atoms with Crippen molar-refractivity contribution >= 4 is 16.1 Å². The monoisotopic (exact) mass is 371 g/mol. The van der Waals surface area contributed by atoms with Gasteiger partial charge in [-0.05, 0) is 19.1 Å². The number of ether oxygens (including phenoxy) is 2. The highest BCUT2D eigenvalue weighted by Gasteiger charge is 2.31.